The molecule has 0 amide bonds. The smallest absolute Gasteiger partial charge is 0.446 e. The minimum atomic E-state index is -4.71. The van der Waals surface area contributed by atoms with Gasteiger partial charge in [-0.05, 0) is 38.5 Å². The minimum absolute atomic E-state index is 0.0899. The molecule has 0 aliphatic carbocycles. The average molecular weight is 327 g/mol. The van der Waals surface area contributed by atoms with Crippen LogP contribution in [0.1, 0.15) is 26.3 Å². The van der Waals surface area contributed by atoms with Crippen LogP contribution in [-0.4, -0.2) is 31.6 Å². The van der Waals surface area contributed by atoms with Crippen LogP contribution in [0.2, 0.25) is 0 Å². The second-order valence-electron chi connectivity index (χ2n) is 5.31. The van der Waals surface area contributed by atoms with Crippen molar-refractivity contribution in [2.45, 2.75) is 26.4 Å². The Kier molecular flexibility index (Phi) is 3.92. The van der Waals surface area contributed by atoms with E-state index >= 15 is 0 Å². The van der Waals surface area contributed by atoms with Gasteiger partial charge in [-0.2, -0.15) is 8.42 Å². The van der Waals surface area contributed by atoms with E-state index in [2.05, 4.69) is 4.18 Å². The van der Waals surface area contributed by atoms with Crippen LogP contribution in [0, 0.1) is 5.41 Å². The van der Waals surface area contributed by atoms with E-state index in [9.17, 15) is 8.42 Å². The Morgan fingerprint density at radius 3 is 2.41 bits per heavy atom. The predicted octanol–water partition coefficient (Wildman–Crippen LogP) is 2.44. The van der Waals surface area contributed by atoms with Gasteiger partial charge in [-0.3, -0.25) is 9.96 Å². The van der Waals surface area contributed by atoms with Gasteiger partial charge in [0.15, 0.2) is 5.75 Å². The third kappa shape index (κ3) is 3.07. The van der Waals surface area contributed by atoms with Crippen LogP contribution in [0.4, 0.5) is 0 Å². The van der Waals surface area contributed by atoms with Crippen molar-refractivity contribution in [1.29, 1.82) is 5.41 Å². The van der Waals surface area contributed by atoms with Gasteiger partial charge in [0, 0.05) is 17.2 Å². The van der Waals surface area contributed by atoms with Crippen LogP contribution >= 0.6 is 0 Å². The van der Waals surface area contributed by atoms with Crippen molar-refractivity contribution < 1.29 is 26.6 Å². The van der Waals surface area contributed by atoms with Crippen molar-refractivity contribution in [3.8, 4) is 11.5 Å². The van der Waals surface area contributed by atoms with E-state index < -0.39 is 16.0 Å². The van der Waals surface area contributed by atoms with E-state index in [1.54, 1.807) is 32.9 Å². The van der Waals surface area contributed by atoms with Crippen LogP contribution in [0.3, 0.4) is 0 Å². The molecule has 0 saturated carbocycles. The normalized spacial score (nSPS) is 17.4. The van der Waals surface area contributed by atoms with E-state index in [0.717, 1.165) is 5.57 Å². The van der Waals surface area contributed by atoms with Crippen molar-refractivity contribution in [2.75, 3.05) is 7.11 Å². The highest BCUT2D eigenvalue weighted by atomic mass is 32.3. The molecule has 7 nitrogen and oxygen atoms in total. The van der Waals surface area contributed by atoms with E-state index in [1.807, 2.05) is 0 Å². The molecule has 1 aromatic rings. The molecule has 0 radical (unpaired) electrons. The zero-order valence-electron chi connectivity index (χ0n) is 12.6. The molecule has 0 spiro atoms. The summed E-state index contributed by atoms with van der Waals surface area (Å²) in [6.45, 7) is 5.39. The summed E-state index contributed by atoms with van der Waals surface area (Å²) >= 11 is 0. The average Bonchev–Trinajstić information content (AvgIpc) is 2.57. The molecule has 2 rings (SSSR count). The summed E-state index contributed by atoms with van der Waals surface area (Å²) in [7, 11) is -3.29. The summed E-state index contributed by atoms with van der Waals surface area (Å²) < 4.78 is 46.2. The SMILES string of the molecule is COc1ccc(C2=C(C)C(C)(C)OC2=N)c(OS(=O)(=O)O)c1. The molecule has 1 aliphatic heterocycles. The van der Waals surface area contributed by atoms with Gasteiger partial charge in [-0.15, -0.1) is 0 Å². The van der Waals surface area contributed by atoms with Crippen molar-refractivity contribution in [1.82, 2.24) is 0 Å². The second kappa shape index (κ2) is 5.29. The maximum absolute atomic E-state index is 11.0. The molecule has 0 unspecified atom stereocenters. The quantitative estimate of drug-likeness (QED) is 0.823. The lowest BCUT2D eigenvalue weighted by molar-refractivity contribution is 0.149. The van der Waals surface area contributed by atoms with Crippen LogP contribution in [0.15, 0.2) is 23.8 Å². The highest BCUT2D eigenvalue weighted by Gasteiger charge is 2.37. The molecule has 1 aliphatic rings. The fourth-order valence-corrected chi connectivity index (χ4v) is 2.56. The third-order valence-electron chi connectivity index (χ3n) is 3.52. The Hall–Kier alpha value is -2.06. The molecule has 0 fully saturated rings. The molecule has 0 bridgehead atoms. The number of methoxy groups -OCH3 is 1. The van der Waals surface area contributed by atoms with Crippen LogP contribution < -0.4 is 8.92 Å². The summed E-state index contributed by atoms with van der Waals surface area (Å²) in [5.41, 5.74) is 0.822. The number of benzene rings is 1. The minimum Gasteiger partial charge on any atom is -0.497 e. The topological polar surface area (TPSA) is 106 Å². The third-order valence-corrected chi connectivity index (χ3v) is 3.91. The summed E-state index contributed by atoms with van der Waals surface area (Å²) in [6, 6.07) is 4.48. The monoisotopic (exact) mass is 327 g/mol. The van der Waals surface area contributed by atoms with Gasteiger partial charge in [0.05, 0.1) is 7.11 Å². The van der Waals surface area contributed by atoms with Gasteiger partial charge in [0.25, 0.3) is 0 Å². The summed E-state index contributed by atoms with van der Waals surface area (Å²) in [5.74, 6) is 0.125. The fraction of sp³-hybridized carbons (Fsp3) is 0.357. The Balaban J connectivity index is 2.65. The first kappa shape index (κ1) is 16.3. The van der Waals surface area contributed by atoms with E-state index in [4.69, 9.17) is 19.4 Å². The van der Waals surface area contributed by atoms with Crippen molar-refractivity contribution in [3.05, 3.63) is 29.3 Å². The lowest BCUT2D eigenvalue weighted by Gasteiger charge is -2.18. The van der Waals surface area contributed by atoms with Crippen LogP contribution in [0.5, 0.6) is 11.5 Å². The zero-order chi connectivity index (χ0) is 16.7. The molecule has 22 heavy (non-hydrogen) atoms. The maximum atomic E-state index is 11.0. The molecular weight excluding hydrogens is 310 g/mol. The molecule has 8 heteroatoms. The standard InChI is InChI=1S/C14H17NO6S/c1-8-12(13(15)20-14(8,2)3)10-6-5-9(19-4)7-11(10)21-22(16,17)18/h5-7,15H,1-4H3,(H,16,17,18). The lowest BCUT2D eigenvalue weighted by atomic mass is 9.93. The van der Waals surface area contributed by atoms with Gasteiger partial charge in [0.2, 0.25) is 5.90 Å². The lowest BCUT2D eigenvalue weighted by Crippen LogP contribution is -2.21. The summed E-state index contributed by atoms with van der Waals surface area (Å²) in [4.78, 5) is 0. The zero-order valence-corrected chi connectivity index (χ0v) is 13.4. The Bertz CT molecular complexity index is 764. The summed E-state index contributed by atoms with van der Waals surface area (Å²) in [5, 5.41) is 7.98. The molecule has 1 aromatic carbocycles. The highest BCUT2D eigenvalue weighted by Crippen LogP contribution is 2.41. The van der Waals surface area contributed by atoms with Gasteiger partial charge in [-0.25, -0.2) is 0 Å². The molecule has 0 saturated heterocycles. The van der Waals surface area contributed by atoms with Gasteiger partial charge >= 0.3 is 10.4 Å². The molecule has 1 heterocycles. The highest BCUT2D eigenvalue weighted by molar-refractivity contribution is 7.81. The number of hydrogen-bond acceptors (Lipinski definition) is 6. The van der Waals surface area contributed by atoms with Crippen LogP contribution in [-0.2, 0) is 15.1 Å². The molecule has 2 N–H and O–H groups in total. The molecule has 120 valence electrons. The largest absolute Gasteiger partial charge is 0.497 e. The van der Waals surface area contributed by atoms with Gasteiger partial charge in [-0.1, -0.05) is 0 Å². The number of rotatable bonds is 4. The van der Waals surface area contributed by atoms with Crippen LogP contribution in [0.25, 0.3) is 5.57 Å². The molecule has 0 atom stereocenters. The fourth-order valence-electron chi connectivity index (χ4n) is 2.20. The van der Waals surface area contributed by atoms with Crippen molar-refractivity contribution >= 4 is 21.9 Å². The van der Waals surface area contributed by atoms with Crippen molar-refractivity contribution in [3.63, 3.8) is 0 Å². The second-order valence-corrected chi connectivity index (χ2v) is 6.34. The first-order valence-corrected chi connectivity index (χ1v) is 7.76. The molecular formula is C14H17NO6S. The predicted molar refractivity (Wildman–Crippen MR) is 80.7 cm³/mol. The van der Waals surface area contributed by atoms with Gasteiger partial charge < -0.3 is 13.7 Å². The first-order valence-electron chi connectivity index (χ1n) is 6.40. The Labute approximate surface area is 129 Å². The Morgan fingerprint density at radius 2 is 1.95 bits per heavy atom. The van der Waals surface area contributed by atoms with Crippen molar-refractivity contribution in [2.24, 2.45) is 0 Å². The van der Waals surface area contributed by atoms with E-state index in [0.29, 0.717) is 16.9 Å². The number of ether oxygens (including phenoxy) is 2. The van der Waals surface area contributed by atoms with E-state index in [1.165, 1.54) is 13.2 Å². The molecule has 0 aromatic heterocycles. The number of hydrogen-bond donors (Lipinski definition) is 2. The number of nitrogens with one attached hydrogen (secondary N) is 1. The Morgan fingerprint density at radius 1 is 1.32 bits per heavy atom. The maximum Gasteiger partial charge on any atom is 0.446 e. The van der Waals surface area contributed by atoms with Gasteiger partial charge in [0.1, 0.15) is 11.4 Å². The summed E-state index contributed by atoms with van der Waals surface area (Å²) in [6.07, 6.45) is 0. The van der Waals surface area contributed by atoms with E-state index in [-0.39, 0.29) is 11.6 Å². The first-order chi connectivity index (χ1) is 10.0.